The zero-order valence-corrected chi connectivity index (χ0v) is 28.9. The smallest absolute Gasteiger partial charge is 0.254 e. The van der Waals surface area contributed by atoms with E-state index in [9.17, 15) is 24.3 Å². The molecule has 6 unspecified atom stereocenters. The Kier molecular flexibility index (Phi) is 8.13. The van der Waals surface area contributed by atoms with Crippen molar-refractivity contribution in [2.45, 2.75) is 35.1 Å². The molecular formula is C34H30BrCl2N5O6. The number of aliphatic hydroxyl groups is 1. The number of allylic oxidation sites excluding steroid dienone is 2. The maximum Gasteiger partial charge on any atom is 0.254 e. The summed E-state index contributed by atoms with van der Waals surface area (Å²) in [4.78, 5) is 55.9. The second-order valence-corrected chi connectivity index (χ2v) is 14.3. The average Bonchev–Trinajstić information content (AvgIpc) is 3.70. The topological polar surface area (TPSA) is 136 Å². The van der Waals surface area contributed by atoms with Crippen LogP contribution < -0.4 is 9.80 Å². The number of likely N-dealkylation sites (tertiary alicyclic amines) is 1. The van der Waals surface area contributed by atoms with Crippen molar-refractivity contribution in [3.8, 4) is 0 Å². The average molecular weight is 755 g/mol. The number of anilines is 2. The van der Waals surface area contributed by atoms with E-state index in [-0.39, 0.29) is 35.7 Å². The second kappa shape index (κ2) is 11.9. The van der Waals surface area contributed by atoms with Gasteiger partial charge >= 0.3 is 0 Å². The lowest BCUT2D eigenvalue weighted by Gasteiger charge is -2.49. The van der Waals surface area contributed by atoms with E-state index in [0.717, 1.165) is 10.6 Å². The summed E-state index contributed by atoms with van der Waals surface area (Å²) < 4.78 is 5.91. The van der Waals surface area contributed by atoms with Gasteiger partial charge in [-0.2, -0.15) is 10.2 Å². The van der Waals surface area contributed by atoms with Gasteiger partial charge in [-0.15, -0.1) is 23.2 Å². The number of alkyl halides is 3. The fourth-order valence-electron chi connectivity index (χ4n) is 7.56. The third-order valence-corrected chi connectivity index (χ3v) is 11.8. The molecule has 1 aromatic heterocycles. The van der Waals surface area contributed by atoms with Crippen LogP contribution in [0.2, 0.25) is 0 Å². The Morgan fingerprint density at radius 3 is 2.15 bits per heavy atom. The number of imide groups is 2. The third kappa shape index (κ3) is 4.71. The number of amides is 4. The molecule has 4 aliphatic rings. The van der Waals surface area contributed by atoms with Gasteiger partial charge in [-0.3, -0.25) is 29.0 Å². The molecule has 0 radical (unpaired) electrons. The molecule has 1 saturated carbocycles. The number of halogens is 3. The van der Waals surface area contributed by atoms with Crippen molar-refractivity contribution >= 4 is 85.5 Å². The number of aliphatic hydroxyl groups excluding tert-OH is 1. The van der Waals surface area contributed by atoms with Crippen molar-refractivity contribution in [1.82, 2.24) is 4.90 Å². The van der Waals surface area contributed by atoms with Gasteiger partial charge in [-0.25, -0.2) is 0 Å². The Balaban J connectivity index is 1.20. The largest absolute Gasteiger partial charge is 0.463 e. The Morgan fingerprint density at radius 2 is 1.56 bits per heavy atom. The second-order valence-electron chi connectivity index (χ2n) is 12.6. The molecule has 48 heavy (non-hydrogen) atoms. The number of furan rings is 1. The SMILES string of the molecule is CN(C)c1ccc(N=Nc2ccc(N3C(=O)C4CC=C5C(CC6(Cl)C(=O)N(CBr)C(=O)C6(Cl)C5c5ccc(CO)o5)C4C3=O)cc2)cc1. The summed E-state index contributed by atoms with van der Waals surface area (Å²) in [5.41, 5.74) is 3.11. The summed E-state index contributed by atoms with van der Waals surface area (Å²) in [6.45, 7) is -0.395. The number of carbonyl (C=O) groups excluding carboxylic acids is 4. The van der Waals surface area contributed by atoms with Gasteiger partial charge in [0.2, 0.25) is 11.8 Å². The minimum Gasteiger partial charge on any atom is -0.463 e. The molecule has 11 nitrogen and oxygen atoms in total. The first-order chi connectivity index (χ1) is 22.9. The number of hydrogen-bond donors (Lipinski definition) is 1. The molecule has 248 valence electrons. The van der Waals surface area contributed by atoms with Gasteiger partial charge in [0.1, 0.15) is 18.1 Å². The van der Waals surface area contributed by atoms with Crippen LogP contribution in [0, 0.1) is 17.8 Å². The van der Waals surface area contributed by atoms with Crippen molar-refractivity contribution < 1.29 is 28.7 Å². The molecule has 6 atom stereocenters. The van der Waals surface area contributed by atoms with E-state index in [1.807, 2.05) is 49.3 Å². The fraction of sp³-hybridized carbons (Fsp3) is 0.353. The Bertz CT molecular complexity index is 1900. The molecule has 2 aliphatic carbocycles. The molecule has 3 aromatic rings. The highest BCUT2D eigenvalue weighted by atomic mass is 79.9. The number of rotatable bonds is 7. The van der Waals surface area contributed by atoms with Crippen molar-refractivity contribution in [1.29, 1.82) is 0 Å². The zero-order chi connectivity index (χ0) is 34.1. The molecular weight excluding hydrogens is 725 g/mol. The zero-order valence-electron chi connectivity index (χ0n) is 25.8. The van der Waals surface area contributed by atoms with Crippen molar-refractivity contribution in [3.05, 3.63) is 83.8 Å². The lowest BCUT2D eigenvalue weighted by atomic mass is 9.57. The van der Waals surface area contributed by atoms with Gasteiger partial charge in [0.05, 0.1) is 40.3 Å². The minimum atomic E-state index is -1.97. The highest BCUT2D eigenvalue weighted by molar-refractivity contribution is 9.09. The first-order valence-electron chi connectivity index (χ1n) is 15.3. The van der Waals surface area contributed by atoms with E-state index in [4.69, 9.17) is 27.6 Å². The summed E-state index contributed by atoms with van der Waals surface area (Å²) in [6.07, 6.45) is 1.91. The first-order valence-corrected chi connectivity index (χ1v) is 17.2. The number of benzene rings is 2. The Hall–Kier alpha value is -3.84. The Labute approximate surface area is 294 Å². The van der Waals surface area contributed by atoms with Crippen LogP contribution in [-0.2, 0) is 25.8 Å². The lowest BCUT2D eigenvalue weighted by molar-refractivity contribution is -0.138. The number of nitrogens with zero attached hydrogens (tertiary/aromatic N) is 5. The minimum absolute atomic E-state index is 0.125. The van der Waals surface area contributed by atoms with Crippen LogP contribution >= 0.6 is 39.1 Å². The summed E-state index contributed by atoms with van der Waals surface area (Å²) in [6, 6.07) is 17.4. The molecule has 2 saturated heterocycles. The van der Waals surface area contributed by atoms with Gasteiger partial charge in [-0.1, -0.05) is 27.6 Å². The normalized spacial score (nSPS) is 29.8. The van der Waals surface area contributed by atoms with Gasteiger partial charge < -0.3 is 14.4 Å². The van der Waals surface area contributed by atoms with E-state index in [1.54, 1.807) is 36.4 Å². The maximum atomic E-state index is 14.2. The van der Waals surface area contributed by atoms with Crippen LogP contribution in [0.4, 0.5) is 22.7 Å². The van der Waals surface area contributed by atoms with Crippen LogP contribution in [0.15, 0.2) is 87.0 Å². The summed E-state index contributed by atoms with van der Waals surface area (Å²) in [5.74, 6) is -4.98. The van der Waals surface area contributed by atoms with E-state index in [1.165, 1.54) is 4.90 Å². The van der Waals surface area contributed by atoms with E-state index >= 15 is 0 Å². The van der Waals surface area contributed by atoms with Crippen LogP contribution in [-0.4, -0.2) is 62.9 Å². The quantitative estimate of drug-likeness (QED) is 0.100. The van der Waals surface area contributed by atoms with Crippen LogP contribution in [0.3, 0.4) is 0 Å². The van der Waals surface area contributed by atoms with E-state index < -0.39 is 57.7 Å². The summed E-state index contributed by atoms with van der Waals surface area (Å²) in [5, 5.41) is 18.3. The molecule has 2 aliphatic heterocycles. The highest BCUT2D eigenvalue weighted by Gasteiger charge is 2.76. The number of fused-ring (bicyclic) bond motifs is 4. The standard InChI is InChI=1S/C34H30BrCl2N5O6/c1-40(2)20-7-3-18(4-8-20)38-39-19-5-9-21(10-6-19)42-29(44)24-13-12-23-25(27(24)30(42)45)15-33(36)31(46)41(17-35)32(47)34(33,37)28(23)26-14-11-22(16-43)48-26/h3-12,14,24-25,27-28,43H,13,15-17H2,1-2H3. The Morgan fingerprint density at radius 1 is 0.917 bits per heavy atom. The summed E-state index contributed by atoms with van der Waals surface area (Å²) >= 11 is 17.6. The van der Waals surface area contributed by atoms with E-state index in [2.05, 4.69) is 26.2 Å². The van der Waals surface area contributed by atoms with Gasteiger partial charge in [0.25, 0.3) is 11.8 Å². The van der Waals surface area contributed by atoms with Gasteiger partial charge in [0, 0.05) is 19.8 Å². The van der Waals surface area contributed by atoms with Gasteiger partial charge in [0.15, 0.2) is 9.75 Å². The summed E-state index contributed by atoms with van der Waals surface area (Å²) in [7, 11) is 3.91. The maximum absolute atomic E-state index is 14.2. The molecule has 0 spiro atoms. The molecule has 2 aromatic carbocycles. The predicted molar refractivity (Wildman–Crippen MR) is 182 cm³/mol. The first kappa shape index (κ1) is 32.7. The van der Waals surface area contributed by atoms with Crippen LogP contribution in [0.5, 0.6) is 0 Å². The van der Waals surface area contributed by atoms with Crippen LogP contribution in [0.25, 0.3) is 0 Å². The van der Waals surface area contributed by atoms with E-state index in [0.29, 0.717) is 22.6 Å². The number of hydrogen-bond acceptors (Lipinski definition) is 9. The molecule has 14 heteroatoms. The molecule has 4 amide bonds. The molecule has 7 rings (SSSR count). The highest BCUT2D eigenvalue weighted by Crippen LogP contribution is 2.65. The molecule has 3 fully saturated rings. The monoisotopic (exact) mass is 753 g/mol. The molecule has 3 heterocycles. The van der Waals surface area contributed by atoms with Crippen molar-refractivity contribution in [3.63, 3.8) is 0 Å². The third-order valence-electron chi connectivity index (χ3n) is 9.89. The number of azo groups is 1. The predicted octanol–water partition coefficient (Wildman–Crippen LogP) is 6.17. The molecule has 1 N–H and O–H groups in total. The number of carbonyl (C=O) groups is 4. The van der Waals surface area contributed by atoms with Crippen molar-refractivity contribution in [2.24, 2.45) is 28.0 Å². The lowest BCUT2D eigenvalue weighted by Crippen LogP contribution is -2.60. The van der Waals surface area contributed by atoms with Gasteiger partial charge in [-0.05, 0) is 79.4 Å². The van der Waals surface area contributed by atoms with Crippen LogP contribution in [0.1, 0.15) is 30.3 Å². The van der Waals surface area contributed by atoms with Crippen molar-refractivity contribution in [2.75, 3.05) is 29.3 Å². The fourth-order valence-corrected chi connectivity index (χ4v) is 8.96. The molecule has 0 bridgehead atoms.